The van der Waals surface area contributed by atoms with Gasteiger partial charge in [0.1, 0.15) is 5.60 Å². The number of carbonyl (C=O) groups excluding carboxylic acids is 1. The van der Waals surface area contributed by atoms with Crippen LogP contribution in [-0.2, 0) is 11.8 Å². The second kappa shape index (κ2) is 8.09. The molecule has 0 unspecified atom stereocenters. The predicted molar refractivity (Wildman–Crippen MR) is 105 cm³/mol. The van der Waals surface area contributed by atoms with Crippen molar-refractivity contribution >= 4 is 5.91 Å². The van der Waals surface area contributed by atoms with E-state index in [4.69, 9.17) is 0 Å². The fourth-order valence-electron chi connectivity index (χ4n) is 3.03. The molecule has 0 fully saturated rings. The molecule has 0 aliphatic heterocycles. The summed E-state index contributed by atoms with van der Waals surface area (Å²) in [5.41, 5.74) is -0.400. The number of halogens is 3. The number of hydrogen-bond acceptors (Lipinski definition) is 2. The predicted octanol–water partition coefficient (Wildman–Crippen LogP) is 5.01. The zero-order valence-corrected chi connectivity index (χ0v) is 15.7. The van der Waals surface area contributed by atoms with Crippen molar-refractivity contribution in [2.75, 3.05) is 6.54 Å². The summed E-state index contributed by atoms with van der Waals surface area (Å²) in [6.45, 7) is 1.27. The Morgan fingerprint density at radius 2 is 1.41 bits per heavy atom. The van der Waals surface area contributed by atoms with E-state index in [1.807, 2.05) is 42.5 Å². The van der Waals surface area contributed by atoms with Gasteiger partial charge in [-0.1, -0.05) is 66.7 Å². The molecule has 3 nitrogen and oxygen atoms in total. The van der Waals surface area contributed by atoms with Crippen LogP contribution in [0.2, 0.25) is 0 Å². The molecule has 3 aromatic carbocycles. The molecule has 6 heteroatoms. The molecule has 1 amide bonds. The van der Waals surface area contributed by atoms with Gasteiger partial charge in [-0.05, 0) is 35.7 Å². The number of alkyl halides is 3. The smallest absolute Gasteiger partial charge is 0.384 e. The van der Waals surface area contributed by atoms with Gasteiger partial charge in [0.15, 0.2) is 0 Å². The van der Waals surface area contributed by atoms with Crippen molar-refractivity contribution in [2.24, 2.45) is 0 Å². The average molecular weight is 399 g/mol. The molecule has 0 radical (unpaired) electrons. The van der Waals surface area contributed by atoms with Crippen LogP contribution in [0, 0.1) is 0 Å². The Hall–Kier alpha value is -3.12. The van der Waals surface area contributed by atoms with Crippen molar-refractivity contribution in [3.8, 4) is 11.1 Å². The molecule has 1 atom stereocenters. The molecule has 0 aromatic heterocycles. The van der Waals surface area contributed by atoms with Gasteiger partial charge in [0.05, 0.1) is 17.7 Å². The summed E-state index contributed by atoms with van der Waals surface area (Å²) in [7, 11) is 0. The first-order chi connectivity index (χ1) is 13.7. The van der Waals surface area contributed by atoms with E-state index >= 15 is 0 Å². The monoisotopic (exact) mass is 399 g/mol. The van der Waals surface area contributed by atoms with Crippen LogP contribution in [0.1, 0.15) is 28.4 Å². The lowest BCUT2D eigenvalue weighted by molar-refractivity contribution is -0.137. The van der Waals surface area contributed by atoms with Gasteiger partial charge in [0.25, 0.3) is 5.91 Å². The third kappa shape index (κ3) is 4.84. The zero-order chi connectivity index (χ0) is 21.1. The van der Waals surface area contributed by atoms with Crippen LogP contribution in [0.25, 0.3) is 11.1 Å². The highest BCUT2D eigenvalue weighted by Crippen LogP contribution is 2.32. The normalized spacial score (nSPS) is 13.6. The van der Waals surface area contributed by atoms with E-state index < -0.39 is 28.8 Å². The van der Waals surface area contributed by atoms with Crippen molar-refractivity contribution in [1.82, 2.24) is 5.32 Å². The van der Waals surface area contributed by atoms with Gasteiger partial charge in [-0.2, -0.15) is 13.2 Å². The van der Waals surface area contributed by atoms with Crippen LogP contribution in [0.5, 0.6) is 0 Å². The summed E-state index contributed by atoms with van der Waals surface area (Å²) < 4.78 is 39.3. The van der Waals surface area contributed by atoms with E-state index in [0.717, 1.165) is 23.3 Å². The van der Waals surface area contributed by atoms with Crippen molar-refractivity contribution in [1.29, 1.82) is 0 Å². The van der Waals surface area contributed by atoms with Gasteiger partial charge >= 0.3 is 6.18 Å². The number of hydrogen-bond donors (Lipinski definition) is 2. The molecule has 0 saturated carbocycles. The van der Waals surface area contributed by atoms with Crippen LogP contribution >= 0.6 is 0 Å². The van der Waals surface area contributed by atoms with Crippen molar-refractivity contribution in [2.45, 2.75) is 18.7 Å². The van der Waals surface area contributed by atoms with Gasteiger partial charge in [-0.25, -0.2) is 0 Å². The van der Waals surface area contributed by atoms with E-state index in [1.54, 1.807) is 12.1 Å². The van der Waals surface area contributed by atoms with Crippen LogP contribution in [0.3, 0.4) is 0 Å². The van der Waals surface area contributed by atoms with Gasteiger partial charge in [0, 0.05) is 0 Å². The summed E-state index contributed by atoms with van der Waals surface area (Å²) in [4.78, 5) is 12.3. The van der Waals surface area contributed by atoms with E-state index in [1.165, 1.54) is 19.1 Å². The molecular weight excluding hydrogens is 379 g/mol. The fourth-order valence-corrected chi connectivity index (χ4v) is 3.03. The molecule has 3 rings (SSSR count). The summed E-state index contributed by atoms with van der Waals surface area (Å²) >= 11 is 0. The highest BCUT2D eigenvalue weighted by molar-refractivity contribution is 5.95. The molecule has 150 valence electrons. The van der Waals surface area contributed by atoms with E-state index in [9.17, 15) is 23.1 Å². The Morgan fingerprint density at radius 1 is 0.862 bits per heavy atom. The van der Waals surface area contributed by atoms with E-state index in [0.29, 0.717) is 5.56 Å². The minimum absolute atomic E-state index is 0.233. The number of amides is 1. The van der Waals surface area contributed by atoms with Gasteiger partial charge in [0.2, 0.25) is 0 Å². The molecule has 0 spiro atoms. The van der Waals surface area contributed by atoms with Crippen molar-refractivity contribution < 1.29 is 23.1 Å². The Morgan fingerprint density at radius 3 is 2.03 bits per heavy atom. The number of aliphatic hydroxyl groups is 1. The minimum atomic E-state index is -4.64. The maximum atomic E-state index is 13.1. The SMILES string of the molecule is C[C@@](O)(CNC(=O)c1ccccc1C(F)(F)F)c1ccc(-c2ccccc2)cc1. The molecular formula is C23H20F3NO2. The third-order valence-electron chi connectivity index (χ3n) is 4.68. The molecule has 0 aliphatic carbocycles. The molecule has 3 aromatic rings. The highest BCUT2D eigenvalue weighted by atomic mass is 19.4. The molecule has 2 N–H and O–H groups in total. The average Bonchev–Trinajstić information content (AvgIpc) is 2.72. The molecule has 0 bridgehead atoms. The topological polar surface area (TPSA) is 49.3 Å². The van der Waals surface area contributed by atoms with Crippen LogP contribution in [-0.4, -0.2) is 17.6 Å². The lowest BCUT2D eigenvalue weighted by Crippen LogP contribution is -2.39. The van der Waals surface area contributed by atoms with Crippen LogP contribution in [0.15, 0.2) is 78.9 Å². The number of benzene rings is 3. The summed E-state index contributed by atoms with van der Waals surface area (Å²) in [5, 5.41) is 13.1. The summed E-state index contributed by atoms with van der Waals surface area (Å²) in [5.74, 6) is -0.890. The Balaban J connectivity index is 1.73. The number of carbonyl (C=O) groups is 1. The maximum Gasteiger partial charge on any atom is 0.417 e. The maximum absolute atomic E-state index is 13.1. The fraction of sp³-hybridized carbons (Fsp3) is 0.174. The van der Waals surface area contributed by atoms with Crippen molar-refractivity contribution in [3.63, 3.8) is 0 Å². The van der Waals surface area contributed by atoms with Gasteiger partial charge in [-0.3, -0.25) is 4.79 Å². The number of nitrogens with one attached hydrogen (secondary N) is 1. The first kappa shape index (κ1) is 20.6. The Kier molecular flexibility index (Phi) is 5.75. The van der Waals surface area contributed by atoms with Crippen LogP contribution in [0.4, 0.5) is 13.2 Å². The lowest BCUT2D eigenvalue weighted by Gasteiger charge is -2.25. The summed E-state index contributed by atoms with van der Waals surface area (Å²) in [6, 6.07) is 21.4. The Labute approximate surface area is 166 Å². The van der Waals surface area contributed by atoms with Gasteiger partial charge < -0.3 is 10.4 Å². The molecule has 0 saturated heterocycles. The summed E-state index contributed by atoms with van der Waals surface area (Å²) in [6.07, 6.45) is -4.64. The number of rotatable bonds is 5. The quantitative estimate of drug-likeness (QED) is 0.634. The van der Waals surface area contributed by atoms with Crippen molar-refractivity contribution in [3.05, 3.63) is 95.6 Å². The minimum Gasteiger partial charge on any atom is -0.384 e. The first-order valence-corrected chi connectivity index (χ1v) is 9.01. The second-order valence-corrected chi connectivity index (χ2v) is 6.94. The second-order valence-electron chi connectivity index (χ2n) is 6.94. The first-order valence-electron chi connectivity index (χ1n) is 9.01. The third-order valence-corrected chi connectivity index (χ3v) is 4.68. The largest absolute Gasteiger partial charge is 0.417 e. The van der Waals surface area contributed by atoms with Crippen LogP contribution < -0.4 is 5.32 Å². The Bertz CT molecular complexity index is 981. The van der Waals surface area contributed by atoms with E-state index in [-0.39, 0.29) is 6.54 Å². The standard InChI is InChI=1S/C23H20F3NO2/c1-22(29,18-13-11-17(12-14-18)16-7-3-2-4-8-16)15-27-21(28)19-9-5-6-10-20(19)23(24,25)26/h2-14,29H,15H2,1H3,(H,27,28)/t22-/m1/s1. The highest BCUT2D eigenvalue weighted by Gasteiger charge is 2.35. The lowest BCUT2D eigenvalue weighted by atomic mass is 9.93. The molecule has 0 heterocycles. The molecule has 0 aliphatic rings. The van der Waals surface area contributed by atoms with E-state index in [2.05, 4.69) is 5.32 Å². The zero-order valence-electron chi connectivity index (χ0n) is 15.7. The van der Waals surface area contributed by atoms with Gasteiger partial charge in [-0.15, -0.1) is 0 Å². The molecule has 29 heavy (non-hydrogen) atoms.